The predicted molar refractivity (Wildman–Crippen MR) is 90.3 cm³/mol. The molecule has 0 saturated carbocycles. The second kappa shape index (κ2) is 4.76. The number of rotatable bonds is 1. The van der Waals surface area contributed by atoms with Crippen LogP contribution >= 0.6 is 0 Å². The van der Waals surface area contributed by atoms with Gasteiger partial charge in [-0.1, -0.05) is 48.5 Å². The number of anilines is 2. The molecule has 1 aliphatic heterocycles. The topological polar surface area (TPSA) is 81.5 Å². The molecule has 1 atom stereocenters. The minimum atomic E-state index is -1.41. The zero-order valence-corrected chi connectivity index (χ0v) is 12.4. The van der Waals surface area contributed by atoms with Gasteiger partial charge in [-0.15, -0.1) is 0 Å². The molecule has 1 heterocycles. The molecule has 1 unspecified atom stereocenters. The number of para-hydroxylation sites is 1. The fraction of sp³-hybridized carbons (Fsp3) is 0.0526. The van der Waals surface area contributed by atoms with Crippen molar-refractivity contribution in [3.63, 3.8) is 0 Å². The first kappa shape index (κ1) is 13.7. The lowest BCUT2D eigenvalue weighted by atomic mass is 9.77. The number of hydrogen-bond donors (Lipinski definition) is 3. The molecule has 0 fully saturated rings. The molecule has 0 radical (unpaired) electrons. The molecular weight excluding hydrogens is 288 g/mol. The predicted octanol–water partition coefficient (Wildman–Crippen LogP) is 3.24. The quantitative estimate of drug-likeness (QED) is 0.603. The van der Waals surface area contributed by atoms with E-state index >= 15 is 0 Å². The van der Waals surface area contributed by atoms with Crippen molar-refractivity contribution in [1.82, 2.24) is 0 Å². The summed E-state index contributed by atoms with van der Waals surface area (Å²) in [6.07, 6.45) is 0. The summed E-state index contributed by atoms with van der Waals surface area (Å²) in [6, 6.07) is 20.2. The Kier molecular flexibility index (Phi) is 2.83. The van der Waals surface area contributed by atoms with Crippen molar-refractivity contribution in [2.45, 2.75) is 5.60 Å². The Labute approximate surface area is 133 Å². The molecule has 4 rings (SSSR count). The van der Waals surface area contributed by atoms with Crippen LogP contribution in [0.1, 0.15) is 16.7 Å². The molecule has 0 spiro atoms. The summed E-state index contributed by atoms with van der Waals surface area (Å²) in [4.78, 5) is 0. The molecule has 114 valence electrons. The number of hydrogen-bond acceptors (Lipinski definition) is 4. The van der Waals surface area contributed by atoms with E-state index in [1.807, 2.05) is 54.6 Å². The van der Waals surface area contributed by atoms with Gasteiger partial charge in [0.1, 0.15) is 17.1 Å². The maximum absolute atomic E-state index is 11.7. The first-order valence-corrected chi connectivity index (χ1v) is 7.36. The van der Waals surface area contributed by atoms with Gasteiger partial charge in [-0.05, 0) is 23.8 Å². The fourth-order valence-electron chi connectivity index (χ4n) is 3.16. The van der Waals surface area contributed by atoms with E-state index in [2.05, 4.69) is 0 Å². The van der Waals surface area contributed by atoms with E-state index in [0.29, 0.717) is 39.6 Å². The third-order valence-corrected chi connectivity index (χ3v) is 4.29. The van der Waals surface area contributed by atoms with Crippen LogP contribution in [0.3, 0.4) is 0 Å². The largest absolute Gasteiger partial charge is 0.456 e. The maximum atomic E-state index is 11.7. The highest BCUT2D eigenvalue weighted by atomic mass is 16.5. The molecular formula is C19H16N2O2. The van der Waals surface area contributed by atoms with Crippen LogP contribution in [0.15, 0.2) is 66.7 Å². The van der Waals surface area contributed by atoms with E-state index in [9.17, 15) is 5.11 Å². The van der Waals surface area contributed by atoms with E-state index in [0.717, 1.165) is 0 Å². The molecule has 4 heteroatoms. The van der Waals surface area contributed by atoms with Crippen LogP contribution in [0.25, 0.3) is 0 Å². The highest BCUT2D eigenvalue weighted by Crippen LogP contribution is 2.52. The van der Waals surface area contributed by atoms with Gasteiger partial charge in [-0.2, -0.15) is 0 Å². The van der Waals surface area contributed by atoms with Gasteiger partial charge in [0.25, 0.3) is 0 Å². The van der Waals surface area contributed by atoms with Crippen molar-refractivity contribution in [2.75, 3.05) is 11.5 Å². The van der Waals surface area contributed by atoms with E-state index in [1.165, 1.54) is 0 Å². The van der Waals surface area contributed by atoms with Gasteiger partial charge < -0.3 is 21.3 Å². The Hall–Kier alpha value is -2.98. The highest BCUT2D eigenvalue weighted by Gasteiger charge is 2.43. The van der Waals surface area contributed by atoms with Gasteiger partial charge in [0.2, 0.25) is 0 Å². The molecule has 0 bridgehead atoms. The number of ether oxygens (including phenoxy) is 1. The molecule has 4 nitrogen and oxygen atoms in total. The summed E-state index contributed by atoms with van der Waals surface area (Å²) >= 11 is 0. The van der Waals surface area contributed by atoms with Gasteiger partial charge in [-0.25, -0.2) is 0 Å². The molecule has 0 amide bonds. The Morgan fingerprint density at radius 3 is 2.26 bits per heavy atom. The van der Waals surface area contributed by atoms with Crippen LogP contribution in [0.2, 0.25) is 0 Å². The highest BCUT2D eigenvalue weighted by molar-refractivity contribution is 5.77. The van der Waals surface area contributed by atoms with Crippen molar-refractivity contribution in [2.24, 2.45) is 0 Å². The average molecular weight is 304 g/mol. The number of aliphatic hydroxyl groups is 1. The summed E-state index contributed by atoms with van der Waals surface area (Å²) < 4.78 is 5.93. The van der Waals surface area contributed by atoms with E-state index in [1.54, 1.807) is 12.1 Å². The molecule has 0 saturated heterocycles. The average Bonchev–Trinajstić information content (AvgIpc) is 2.59. The van der Waals surface area contributed by atoms with Crippen molar-refractivity contribution in [3.05, 3.63) is 83.4 Å². The third kappa shape index (κ3) is 1.82. The zero-order valence-electron chi connectivity index (χ0n) is 12.4. The second-order valence-corrected chi connectivity index (χ2v) is 5.62. The fourth-order valence-corrected chi connectivity index (χ4v) is 3.16. The summed E-state index contributed by atoms with van der Waals surface area (Å²) in [5.74, 6) is 1.12. The van der Waals surface area contributed by atoms with Crippen LogP contribution in [-0.4, -0.2) is 5.11 Å². The van der Waals surface area contributed by atoms with Crippen molar-refractivity contribution in [3.8, 4) is 11.5 Å². The molecule has 23 heavy (non-hydrogen) atoms. The van der Waals surface area contributed by atoms with E-state index in [-0.39, 0.29) is 0 Å². The Bertz CT molecular complexity index is 893. The van der Waals surface area contributed by atoms with Crippen molar-refractivity contribution < 1.29 is 9.84 Å². The standard InChI is InChI=1S/C19H16N2O2/c20-14-10-11-16-17(18(14)21)19(22,12-6-2-1-3-7-12)13-8-4-5-9-15(13)23-16/h1-11,22H,20-21H2. The van der Waals surface area contributed by atoms with Gasteiger partial charge in [0.05, 0.1) is 16.9 Å². The summed E-state index contributed by atoms with van der Waals surface area (Å²) in [7, 11) is 0. The minimum absolute atomic E-state index is 0.336. The number of benzene rings is 3. The number of nitrogens with two attached hydrogens (primary N) is 2. The Balaban J connectivity index is 2.11. The van der Waals surface area contributed by atoms with Crippen LogP contribution in [0.5, 0.6) is 11.5 Å². The summed E-state index contributed by atoms with van der Waals surface area (Å²) in [6.45, 7) is 0. The Morgan fingerprint density at radius 1 is 0.783 bits per heavy atom. The van der Waals surface area contributed by atoms with Crippen molar-refractivity contribution in [1.29, 1.82) is 0 Å². The molecule has 0 aliphatic carbocycles. The zero-order chi connectivity index (χ0) is 16.0. The van der Waals surface area contributed by atoms with E-state index in [4.69, 9.17) is 16.2 Å². The first-order chi connectivity index (χ1) is 11.1. The molecule has 3 aromatic rings. The molecule has 1 aliphatic rings. The van der Waals surface area contributed by atoms with Crippen LogP contribution < -0.4 is 16.2 Å². The van der Waals surface area contributed by atoms with Gasteiger partial charge in [-0.3, -0.25) is 0 Å². The Morgan fingerprint density at radius 2 is 1.48 bits per heavy atom. The lowest BCUT2D eigenvalue weighted by Crippen LogP contribution is -2.33. The third-order valence-electron chi connectivity index (χ3n) is 4.29. The lowest BCUT2D eigenvalue weighted by Gasteiger charge is -2.37. The molecule has 0 aromatic heterocycles. The maximum Gasteiger partial charge on any atom is 0.149 e. The smallest absolute Gasteiger partial charge is 0.149 e. The van der Waals surface area contributed by atoms with Gasteiger partial charge in [0.15, 0.2) is 0 Å². The van der Waals surface area contributed by atoms with E-state index < -0.39 is 5.60 Å². The summed E-state index contributed by atoms with van der Waals surface area (Å²) in [5, 5.41) is 11.7. The van der Waals surface area contributed by atoms with Gasteiger partial charge in [0, 0.05) is 5.56 Å². The molecule has 3 aromatic carbocycles. The monoisotopic (exact) mass is 304 g/mol. The van der Waals surface area contributed by atoms with Gasteiger partial charge >= 0.3 is 0 Å². The minimum Gasteiger partial charge on any atom is -0.456 e. The van der Waals surface area contributed by atoms with Crippen molar-refractivity contribution >= 4 is 11.4 Å². The SMILES string of the molecule is Nc1ccc2c(c1N)C(O)(c1ccccc1)c1ccccc1O2. The lowest BCUT2D eigenvalue weighted by molar-refractivity contribution is 0.113. The number of fused-ring (bicyclic) bond motifs is 2. The molecule has 5 N–H and O–H groups in total. The second-order valence-electron chi connectivity index (χ2n) is 5.62. The van der Waals surface area contributed by atoms with Crippen LogP contribution in [-0.2, 0) is 5.60 Å². The summed E-state index contributed by atoms with van der Waals surface area (Å²) in [5.41, 5.74) is 13.4. The normalized spacial score (nSPS) is 18.7. The number of nitrogen functional groups attached to an aromatic ring is 2. The van der Waals surface area contributed by atoms with Crippen LogP contribution in [0.4, 0.5) is 11.4 Å². The first-order valence-electron chi connectivity index (χ1n) is 7.36. The van der Waals surface area contributed by atoms with Crippen LogP contribution in [0, 0.1) is 0 Å².